The van der Waals surface area contributed by atoms with E-state index in [0.717, 1.165) is 6.07 Å². The van der Waals surface area contributed by atoms with Gasteiger partial charge >= 0.3 is 12.4 Å². The molecule has 0 heterocycles. The van der Waals surface area contributed by atoms with Crippen LogP contribution in [0.1, 0.15) is 10.4 Å². The molecule has 0 aliphatic heterocycles. The minimum atomic E-state index is -5.89. The lowest BCUT2D eigenvalue weighted by Gasteiger charge is -2.22. The summed E-state index contributed by atoms with van der Waals surface area (Å²) in [6.45, 7) is 0. The maximum absolute atomic E-state index is 13.5. The summed E-state index contributed by atoms with van der Waals surface area (Å²) in [5, 5.41) is -0.779. The molecule has 1 aromatic carbocycles. The molecule has 0 saturated carbocycles. The molecule has 0 aromatic heterocycles. The van der Waals surface area contributed by atoms with Crippen LogP contribution in [0.5, 0.6) is 0 Å². The Morgan fingerprint density at radius 2 is 1.55 bits per heavy atom. The normalized spacial score (nSPS) is 12.9. The van der Waals surface area contributed by atoms with Crippen LogP contribution in [0.25, 0.3) is 0 Å². The molecule has 0 radical (unpaired) electrons. The Morgan fingerprint density at radius 3 is 1.95 bits per heavy atom. The maximum atomic E-state index is 13.5. The summed E-state index contributed by atoms with van der Waals surface area (Å²) in [7, 11) is 0. The maximum Gasteiger partial charge on any atom is 0.407 e. The van der Waals surface area contributed by atoms with Crippen LogP contribution in [0.2, 0.25) is 5.02 Å². The van der Waals surface area contributed by atoms with E-state index in [9.17, 15) is 35.5 Å². The number of rotatable bonds is 2. The Hall–Kier alpha value is -0.830. The molecule has 0 unspecified atom stereocenters. The molecule has 0 saturated heterocycles. The van der Waals surface area contributed by atoms with E-state index in [1.54, 1.807) is 0 Å². The van der Waals surface area contributed by atoms with Gasteiger partial charge in [-0.05, 0) is 28.1 Å². The highest BCUT2D eigenvalue weighted by Gasteiger charge is 2.61. The summed E-state index contributed by atoms with van der Waals surface area (Å²) in [5.41, 5.74) is -1.38. The van der Waals surface area contributed by atoms with Crippen LogP contribution >= 0.6 is 27.5 Å². The average Bonchev–Trinajstić information content (AvgIpc) is 2.21. The zero-order valence-electron chi connectivity index (χ0n) is 9.04. The fraction of sp³-hybridized carbons (Fsp3) is 0.300. The lowest BCUT2D eigenvalue weighted by atomic mass is 9.96. The first-order valence-electron chi connectivity index (χ1n) is 4.68. The number of alkyl halides is 6. The van der Waals surface area contributed by atoms with Crippen molar-refractivity contribution in [3.63, 3.8) is 0 Å². The molecular weight excluding hydrogens is 384 g/mol. The van der Waals surface area contributed by atoms with Crippen LogP contribution in [0.4, 0.5) is 30.7 Å². The third kappa shape index (κ3) is 3.43. The largest absolute Gasteiger partial charge is 0.407 e. The van der Waals surface area contributed by atoms with E-state index in [-0.39, 0.29) is 4.47 Å². The van der Waals surface area contributed by atoms with Gasteiger partial charge in [0, 0.05) is 4.47 Å². The first-order chi connectivity index (χ1) is 8.87. The van der Waals surface area contributed by atoms with Gasteiger partial charge in [-0.3, -0.25) is 4.79 Å². The highest BCUT2D eigenvalue weighted by atomic mass is 79.9. The Labute approximate surface area is 120 Å². The lowest BCUT2D eigenvalue weighted by Crippen LogP contribution is -2.42. The van der Waals surface area contributed by atoms with Crippen molar-refractivity contribution in [3.8, 4) is 0 Å². The van der Waals surface area contributed by atoms with Crippen LogP contribution in [0, 0.1) is 11.7 Å². The number of ketones is 1. The smallest absolute Gasteiger partial charge is 0.293 e. The Bertz CT molecular complexity index is 524. The minimum Gasteiger partial charge on any atom is -0.293 e. The second-order valence-electron chi connectivity index (χ2n) is 3.60. The van der Waals surface area contributed by atoms with Gasteiger partial charge in [0.25, 0.3) is 0 Å². The van der Waals surface area contributed by atoms with E-state index >= 15 is 0 Å². The zero-order valence-corrected chi connectivity index (χ0v) is 11.4. The molecule has 0 amide bonds. The van der Waals surface area contributed by atoms with Crippen molar-refractivity contribution in [3.05, 3.63) is 33.0 Å². The van der Waals surface area contributed by atoms with E-state index in [2.05, 4.69) is 15.9 Å². The molecule has 0 spiro atoms. The second kappa shape index (κ2) is 5.51. The average molecular weight is 387 g/mol. The summed E-state index contributed by atoms with van der Waals surface area (Å²) in [6.07, 6.45) is -11.8. The third-order valence-electron chi connectivity index (χ3n) is 2.22. The SMILES string of the molecule is O=C(c1ccc(Br)c(Cl)c1F)C(C(F)(F)F)C(F)(F)F. The monoisotopic (exact) mass is 386 g/mol. The molecule has 0 bridgehead atoms. The van der Waals surface area contributed by atoms with E-state index in [1.165, 1.54) is 0 Å². The van der Waals surface area contributed by atoms with Gasteiger partial charge in [0.15, 0.2) is 11.6 Å². The predicted molar refractivity (Wildman–Crippen MR) is 59.0 cm³/mol. The van der Waals surface area contributed by atoms with Gasteiger partial charge in [0.1, 0.15) is 0 Å². The van der Waals surface area contributed by atoms with Crippen LogP contribution in [-0.2, 0) is 0 Å². The van der Waals surface area contributed by atoms with Gasteiger partial charge in [0.05, 0.1) is 10.6 Å². The molecule has 1 nitrogen and oxygen atoms in total. The summed E-state index contributed by atoms with van der Waals surface area (Å²) in [4.78, 5) is 11.4. The van der Waals surface area contributed by atoms with Crippen molar-refractivity contribution < 1.29 is 35.5 Å². The number of hydrogen-bond acceptors (Lipinski definition) is 1. The van der Waals surface area contributed by atoms with Crippen molar-refractivity contribution in [1.29, 1.82) is 0 Å². The highest BCUT2D eigenvalue weighted by molar-refractivity contribution is 9.10. The quantitative estimate of drug-likeness (QED) is 0.389. The van der Waals surface area contributed by atoms with Crippen LogP contribution in [0.15, 0.2) is 16.6 Å². The number of benzene rings is 1. The van der Waals surface area contributed by atoms with Crippen molar-refractivity contribution in [2.75, 3.05) is 0 Å². The number of hydrogen-bond donors (Lipinski definition) is 0. The minimum absolute atomic E-state index is 0.108. The number of halogens is 9. The third-order valence-corrected chi connectivity index (χ3v) is 3.48. The van der Waals surface area contributed by atoms with Gasteiger partial charge in [0.2, 0.25) is 5.92 Å². The molecule has 20 heavy (non-hydrogen) atoms. The Morgan fingerprint density at radius 1 is 1.10 bits per heavy atom. The van der Waals surface area contributed by atoms with E-state index < -0.39 is 40.5 Å². The first-order valence-corrected chi connectivity index (χ1v) is 5.85. The topological polar surface area (TPSA) is 17.1 Å². The van der Waals surface area contributed by atoms with Crippen molar-refractivity contribution in [1.82, 2.24) is 0 Å². The van der Waals surface area contributed by atoms with Gasteiger partial charge in [-0.15, -0.1) is 0 Å². The van der Waals surface area contributed by atoms with Gasteiger partial charge in [-0.1, -0.05) is 11.6 Å². The summed E-state index contributed by atoms with van der Waals surface area (Å²) in [6, 6.07) is 1.38. The molecular formula is C10H3BrClF7O. The molecule has 0 aliphatic carbocycles. The van der Waals surface area contributed by atoms with Crippen molar-refractivity contribution >= 4 is 33.3 Å². The molecule has 0 N–H and O–H groups in total. The first kappa shape index (κ1) is 17.2. The van der Waals surface area contributed by atoms with Crippen molar-refractivity contribution in [2.24, 2.45) is 5.92 Å². The number of Topliss-reactive ketones (excluding diaryl/α,β-unsaturated/α-hetero) is 1. The fourth-order valence-corrected chi connectivity index (χ4v) is 1.83. The molecule has 112 valence electrons. The predicted octanol–water partition coefficient (Wildman–Crippen LogP) is 5.17. The highest BCUT2D eigenvalue weighted by Crippen LogP contribution is 2.42. The van der Waals surface area contributed by atoms with Crippen LogP contribution < -0.4 is 0 Å². The zero-order chi connectivity index (χ0) is 15.9. The Balaban J connectivity index is 3.39. The lowest BCUT2D eigenvalue weighted by molar-refractivity contribution is -0.264. The summed E-state index contributed by atoms with van der Waals surface area (Å²) in [5.74, 6) is -8.40. The second-order valence-corrected chi connectivity index (χ2v) is 4.84. The molecule has 0 atom stereocenters. The molecule has 10 heteroatoms. The number of carbonyl (C=O) groups excluding carboxylic acids is 1. The summed E-state index contributed by atoms with van der Waals surface area (Å²) < 4.78 is 87.6. The molecule has 0 fully saturated rings. The van der Waals surface area contributed by atoms with Gasteiger partial charge in [-0.25, -0.2) is 4.39 Å². The fourth-order valence-electron chi connectivity index (χ4n) is 1.35. The standard InChI is InChI=1S/C10H3BrClF7O/c11-4-2-1-3(6(13)5(4)12)7(20)8(9(14,15)16)10(17,18)19/h1-2,8H. The number of carbonyl (C=O) groups is 1. The molecule has 1 aromatic rings. The van der Waals surface area contributed by atoms with Crippen LogP contribution in [0.3, 0.4) is 0 Å². The van der Waals surface area contributed by atoms with Crippen molar-refractivity contribution in [2.45, 2.75) is 12.4 Å². The molecule has 1 rings (SSSR count). The Kier molecular flexibility index (Phi) is 4.75. The van der Waals surface area contributed by atoms with E-state index in [1.807, 2.05) is 0 Å². The molecule has 0 aliphatic rings. The van der Waals surface area contributed by atoms with Gasteiger partial charge in [-0.2, -0.15) is 26.3 Å². The van der Waals surface area contributed by atoms with E-state index in [4.69, 9.17) is 11.6 Å². The summed E-state index contributed by atoms with van der Waals surface area (Å²) >= 11 is 8.04. The van der Waals surface area contributed by atoms with E-state index in [0.29, 0.717) is 6.07 Å². The van der Waals surface area contributed by atoms with Gasteiger partial charge < -0.3 is 0 Å². The van der Waals surface area contributed by atoms with Crippen LogP contribution in [-0.4, -0.2) is 18.1 Å².